The van der Waals surface area contributed by atoms with E-state index in [0.29, 0.717) is 29.5 Å². The molecule has 0 saturated carbocycles. The SMILES string of the molecule is CCNC(Cc1c(F)cccc1Cl)C(OCC)C(C)C. The summed E-state index contributed by atoms with van der Waals surface area (Å²) in [5.41, 5.74) is 0.561. The van der Waals surface area contributed by atoms with Crippen molar-refractivity contribution in [3.05, 3.63) is 34.6 Å². The van der Waals surface area contributed by atoms with Gasteiger partial charge in [-0.1, -0.05) is 38.4 Å². The molecule has 0 spiro atoms. The van der Waals surface area contributed by atoms with Gasteiger partial charge in [0.15, 0.2) is 0 Å². The molecule has 0 amide bonds. The summed E-state index contributed by atoms with van der Waals surface area (Å²) in [5.74, 6) is 0.101. The molecule has 0 aliphatic rings. The molecular weight excluding hydrogens is 277 g/mol. The van der Waals surface area contributed by atoms with Gasteiger partial charge in [0.05, 0.1) is 6.10 Å². The highest BCUT2D eigenvalue weighted by molar-refractivity contribution is 6.31. The largest absolute Gasteiger partial charge is 0.377 e. The summed E-state index contributed by atoms with van der Waals surface area (Å²) in [6.07, 6.45) is 0.568. The van der Waals surface area contributed by atoms with Gasteiger partial charge >= 0.3 is 0 Å². The first-order valence-electron chi connectivity index (χ1n) is 7.29. The molecule has 0 heterocycles. The first-order valence-corrected chi connectivity index (χ1v) is 7.66. The van der Waals surface area contributed by atoms with Crippen molar-refractivity contribution >= 4 is 11.6 Å². The Labute approximate surface area is 126 Å². The first kappa shape index (κ1) is 17.4. The number of benzene rings is 1. The average Bonchev–Trinajstić information content (AvgIpc) is 2.39. The molecule has 0 bridgehead atoms. The van der Waals surface area contributed by atoms with Crippen LogP contribution < -0.4 is 5.32 Å². The zero-order valence-electron chi connectivity index (χ0n) is 12.7. The summed E-state index contributed by atoms with van der Waals surface area (Å²) in [5, 5.41) is 3.88. The lowest BCUT2D eigenvalue weighted by molar-refractivity contribution is 0.00380. The summed E-state index contributed by atoms with van der Waals surface area (Å²) in [6.45, 7) is 9.72. The number of rotatable bonds is 8. The predicted molar refractivity (Wildman–Crippen MR) is 82.8 cm³/mol. The van der Waals surface area contributed by atoms with Gasteiger partial charge < -0.3 is 10.1 Å². The Morgan fingerprint density at radius 3 is 2.50 bits per heavy atom. The lowest BCUT2D eigenvalue weighted by Crippen LogP contribution is -2.46. The molecule has 1 aromatic rings. The Balaban J connectivity index is 2.95. The molecule has 2 unspecified atom stereocenters. The Morgan fingerprint density at radius 1 is 1.30 bits per heavy atom. The molecular formula is C16H25ClFNO. The van der Waals surface area contributed by atoms with Gasteiger partial charge in [0.2, 0.25) is 0 Å². The van der Waals surface area contributed by atoms with Crippen LogP contribution in [-0.2, 0) is 11.2 Å². The van der Waals surface area contributed by atoms with E-state index in [1.54, 1.807) is 12.1 Å². The molecule has 1 N–H and O–H groups in total. The van der Waals surface area contributed by atoms with E-state index in [1.165, 1.54) is 6.07 Å². The van der Waals surface area contributed by atoms with E-state index in [-0.39, 0.29) is 18.0 Å². The monoisotopic (exact) mass is 301 g/mol. The second-order valence-corrected chi connectivity index (χ2v) is 5.64. The van der Waals surface area contributed by atoms with Gasteiger partial charge in [-0.3, -0.25) is 0 Å². The highest BCUT2D eigenvalue weighted by Gasteiger charge is 2.26. The summed E-state index contributed by atoms with van der Waals surface area (Å²) >= 11 is 6.13. The van der Waals surface area contributed by atoms with Gasteiger partial charge in [-0.05, 0) is 37.9 Å². The third kappa shape index (κ3) is 4.72. The van der Waals surface area contributed by atoms with Crippen molar-refractivity contribution in [2.45, 2.75) is 46.3 Å². The lowest BCUT2D eigenvalue weighted by Gasteiger charge is -2.31. The van der Waals surface area contributed by atoms with Crippen LogP contribution in [0.3, 0.4) is 0 Å². The zero-order chi connectivity index (χ0) is 15.1. The normalized spacial score (nSPS) is 14.6. The van der Waals surface area contributed by atoms with Crippen molar-refractivity contribution in [1.29, 1.82) is 0 Å². The van der Waals surface area contributed by atoms with Crippen LogP contribution in [0.25, 0.3) is 0 Å². The number of halogens is 2. The van der Waals surface area contributed by atoms with E-state index in [1.807, 2.05) is 13.8 Å². The third-order valence-electron chi connectivity index (χ3n) is 3.36. The fourth-order valence-corrected chi connectivity index (χ4v) is 2.72. The second-order valence-electron chi connectivity index (χ2n) is 5.23. The smallest absolute Gasteiger partial charge is 0.127 e. The minimum Gasteiger partial charge on any atom is -0.377 e. The fraction of sp³-hybridized carbons (Fsp3) is 0.625. The Morgan fingerprint density at radius 2 is 2.00 bits per heavy atom. The van der Waals surface area contributed by atoms with Crippen LogP contribution in [-0.4, -0.2) is 25.3 Å². The number of likely N-dealkylation sites (N-methyl/N-ethyl adjacent to an activating group) is 1. The summed E-state index contributed by atoms with van der Waals surface area (Å²) in [4.78, 5) is 0. The van der Waals surface area contributed by atoms with Crippen molar-refractivity contribution in [2.24, 2.45) is 5.92 Å². The van der Waals surface area contributed by atoms with E-state index >= 15 is 0 Å². The summed E-state index contributed by atoms with van der Waals surface area (Å²) < 4.78 is 19.8. The number of nitrogens with one attached hydrogen (secondary N) is 1. The second kappa shape index (κ2) is 8.60. The van der Waals surface area contributed by atoms with Crippen LogP contribution in [0.4, 0.5) is 4.39 Å². The molecule has 0 fully saturated rings. The Bertz CT molecular complexity index is 391. The van der Waals surface area contributed by atoms with Gasteiger partial charge in [0, 0.05) is 23.2 Å². The molecule has 1 aromatic carbocycles. The van der Waals surface area contributed by atoms with Gasteiger partial charge in [-0.2, -0.15) is 0 Å². The van der Waals surface area contributed by atoms with Crippen molar-refractivity contribution in [1.82, 2.24) is 5.32 Å². The van der Waals surface area contributed by atoms with E-state index < -0.39 is 0 Å². The topological polar surface area (TPSA) is 21.3 Å². The Hall–Kier alpha value is -0.640. The molecule has 0 radical (unpaired) electrons. The number of hydrogen-bond donors (Lipinski definition) is 1. The maximum Gasteiger partial charge on any atom is 0.127 e. The van der Waals surface area contributed by atoms with Crippen LogP contribution in [0, 0.1) is 11.7 Å². The standard InChI is InChI=1S/C16H25ClFNO/c1-5-19-15(16(11(3)4)20-6-2)10-12-13(17)8-7-9-14(12)18/h7-9,11,15-16,19H,5-6,10H2,1-4H3. The molecule has 114 valence electrons. The quantitative estimate of drug-likeness (QED) is 0.782. The Kier molecular flexibility index (Phi) is 7.49. The molecule has 0 aliphatic carbocycles. The maximum atomic E-state index is 13.9. The average molecular weight is 302 g/mol. The maximum absolute atomic E-state index is 13.9. The van der Waals surface area contributed by atoms with E-state index in [2.05, 4.69) is 19.2 Å². The summed E-state index contributed by atoms with van der Waals surface area (Å²) in [7, 11) is 0. The first-order chi connectivity index (χ1) is 9.51. The van der Waals surface area contributed by atoms with Gasteiger partial charge in [-0.25, -0.2) is 4.39 Å². The molecule has 0 aromatic heterocycles. The van der Waals surface area contributed by atoms with E-state index in [9.17, 15) is 4.39 Å². The van der Waals surface area contributed by atoms with Crippen LogP contribution >= 0.6 is 11.6 Å². The van der Waals surface area contributed by atoms with E-state index in [0.717, 1.165) is 6.54 Å². The molecule has 4 heteroatoms. The summed E-state index contributed by atoms with van der Waals surface area (Å²) in [6, 6.07) is 4.87. The predicted octanol–water partition coefficient (Wildman–Crippen LogP) is 4.06. The molecule has 0 saturated heterocycles. The third-order valence-corrected chi connectivity index (χ3v) is 3.72. The van der Waals surface area contributed by atoms with E-state index in [4.69, 9.17) is 16.3 Å². The van der Waals surface area contributed by atoms with Crippen molar-refractivity contribution in [2.75, 3.05) is 13.2 Å². The highest BCUT2D eigenvalue weighted by atomic mass is 35.5. The van der Waals surface area contributed by atoms with Crippen molar-refractivity contribution in [3.63, 3.8) is 0 Å². The molecule has 1 rings (SSSR count). The molecule has 2 nitrogen and oxygen atoms in total. The highest BCUT2D eigenvalue weighted by Crippen LogP contribution is 2.23. The van der Waals surface area contributed by atoms with Crippen LogP contribution in [0.15, 0.2) is 18.2 Å². The molecule has 2 atom stereocenters. The number of hydrogen-bond acceptors (Lipinski definition) is 2. The number of ether oxygens (including phenoxy) is 1. The molecule has 0 aliphatic heterocycles. The van der Waals surface area contributed by atoms with Gasteiger partial charge in [0.1, 0.15) is 5.82 Å². The van der Waals surface area contributed by atoms with Crippen molar-refractivity contribution < 1.29 is 9.13 Å². The van der Waals surface area contributed by atoms with Gasteiger partial charge in [0.25, 0.3) is 0 Å². The van der Waals surface area contributed by atoms with Crippen molar-refractivity contribution in [3.8, 4) is 0 Å². The fourth-order valence-electron chi connectivity index (χ4n) is 2.48. The zero-order valence-corrected chi connectivity index (χ0v) is 13.5. The van der Waals surface area contributed by atoms with Crippen LogP contribution in [0.2, 0.25) is 5.02 Å². The van der Waals surface area contributed by atoms with Gasteiger partial charge in [-0.15, -0.1) is 0 Å². The van der Waals surface area contributed by atoms with Crippen LogP contribution in [0.5, 0.6) is 0 Å². The lowest BCUT2D eigenvalue weighted by atomic mass is 9.93. The molecule has 20 heavy (non-hydrogen) atoms. The minimum atomic E-state index is -0.251. The minimum absolute atomic E-state index is 0.0376. The van der Waals surface area contributed by atoms with Crippen LogP contribution in [0.1, 0.15) is 33.3 Å².